The third-order valence-corrected chi connectivity index (χ3v) is 3.97. The molecule has 3 aromatic rings. The highest BCUT2D eigenvalue weighted by molar-refractivity contribution is 5.76. The molecule has 0 unspecified atom stereocenters. The van der Waals surface area contributed by atoms with E-state index in [9.17, 15) is 13.6 Å². The van der Waals surface area contributed by atoms with E-state index >= 15 is 0 Å². The molecule has 0 spiro atoms. The van der Waals surface area contributed by atoms with Gasteiger partial charge in [0.05, 0.1) is 6.20 Å². The van der Waals surface area contributed by atoms with E-state index in [4.69, 9.17) is 4.42 Å². The summed E-state index contributed by atoms with van der Waals surface area (Å²) in [5.41, 5.74) is 1.45. The van der Waals surface area contributed by atoms with Crippen molar-refractivity contribution < 1.29 is 18.0 Å². The van der Waals surface area contributed by atoms with Crippen molar-refractivity contribution in [3.63, 3.8) is 0 Å². The first kappa shape index (κ1) is 17.8. The van der Waals surface area contributed by atoms with Crippen LogP contribution in [0.4, 0.5) is 8.78 Å². The van der Waals surface area contributed by atoms with Crippen LogP contribution >= 0.6 is 0 Å². The Morgan fingerprint density at radius 3 is 2.62 bits per heavy atom. The van der Waals surface area contributed by atoms with Crippen LogP contribution in [0.5, 0.6) is 0 Å². The van der Waals surface area contributed by atoms with Crippen molar-refractivity contribution in [1.82, 2.24) is 9.88 Å². The summed E-state index contributed by atoms with van der Waals surface area (Å²) in [6, 6.07) is 12.1. The fraction of sp³-hybridized carbons (Fsp3) is 0.200. The van der Waals surface area contributed by atoms with E-state index in [0.717, 1.165) is 11.1 Å². The molecule has 0 atom stereocenters. The number of aromatic nitrogens is 1. The van der Waals surface area contributed by atoms with Gasteiger partial charge >= 0.3 is 0 Å². The van der Waals surface area contributed by atoms with Crippen LogP contribution in [-0.4, -0.2) is 22.8 Å². The number of oxazole rings is 1. The number of carbonyl (C=O) groups excluding carboxylic acids is 1. The Morgan fingerprint density at radius 1 is 1.12 bits per heavy atom. The van der Waals surface area contributed by atoms with Gasteiger partial charge in [0, 0.05) is 32.0 Å². The molecule has 4 nitrogen and oxygen atoms in total. The Hall–Kier alpha value is -3.02. The van der Waals surface area contributed by atoms with E-state index in [2.05, 4.69) is 4.98 Å². The maximum Gasteiger partial charge on any atom is 0.223 e. The molecule has 26 heavy (non-hydrogen) atoms. The predicted octanol–water partition coefficient (Wildman–Crippen LogP) is 4.21. The summed E-state index contributed by atoms with van der Waals surface area (Å²) in [5.74, 6) is 0.241. The van der Waals surface area contributed by atoms with Crippen molar-refractivity contribution in [2.75, 3.05) is 7.05 Å². The van der Waals surface area contributed by atoms with Crippen molar-refractivity contribution in [3.05, 3.63) is 77.8 Å². The van der Waals surface area contributed by atoms with Gasteiger partial charge in [0.2, 0.25) is 5.91 Å². The Balaban J connectivity index is 1.55. The Labute approximate surface area is 150 Å². The summed E-state index contributed by atoms with van der Waals surface area (Å²) in [6.45, 7) is 0.336. The van der Waals surface area contributed by atoms with E-state index < -0.39 is 0 Å². The molecule has 0 aliphatic rings. The summed E-state index contributed by atoms with van der Waals surface area (Å²) < 4.78 is 31.8. The average Bonchev–Trinajstić information content (AvgIpc) is 3.09. The molecule has 0 saturated heterocycles. The van der Waals surface area contributed by atoms with Crippen LogP contribution in [0.25, 0.3) is 11.3 Å². The predicted molar refractivity (Wildman–Crippen MR) is 93.1 cm³/mol. The number of halogens is 2. The molecule has 0 aliphatic carbocycles. The maximum absolute atomic E-state index is 13.2. The Bertz CT molecular complexity index is 891. The second-order valence-corrected chi connectivity index (χ2v) is 6.00. The van der Waals surface area contributed by atoms with Gasteiger partial charge in [-0.15, -0.1) is 0 Å². The molecular weight excluding hydrogens is 338 g/mol. The second kappa shape index (κ2) is 7.91. The summed E-state index contributed by atoms with van der Waals surface area (Å²) in [4.78, 5) is 17.9. The van der Waals surface area contributed by atoms with Crippen molar-refractivity contribution in [2.45, 2.75) is 19.4 Å². The number of aryl methyl sites for hydroxylation is 1. The van der Waals surface area contributed by atoms with Crippen molar-refractivity contribution in [1.29, 1.82) is 0 Å². The van der Waals surface area contributed by atoms with Crippen molar-refractivity contribution in [3.8, 4) is 11.3 Å². The van der Waals surface area contributed by atoms with Crippen molar-refractivity contribution >= 4 is 5.91 Å². The van der Waals surface area contributed by atoms with Gasteiger partial charge in [-0.2, -0.15) is 0 Å². The molecule has 0 fully saturated rings. The van der Waals surface area contributed by atoms with Crippen molar-refractivity contribution in [2.24, 2.45) is 0 Å². The minimum atomic E-state index is -0.323. The lowest BCUT2D eigenvalue weighted by atomic mass is 10.2. The first-order valence-corrected chi connectivity index (χ1v) is 8.20. The van der Waals surface area contributed by atoms with E-state index in [1.54, 1.807) is 42.4 Å². The summed E-state index contributed by atoms with van der Waals surface area (Å²) in [5, 5.41) is 0. The van der Waals surface area contributed by atoms with E-state index in [1.807, 2.05) is 0 Å². The molecule has 0 radical (unpaired) electrons. The van der Waals surface area contributed by atoms with Gasteiger partial charge in [0.25, 0.3) is 0 Å². The van der Waals surface area contributed by atoms with Gasteiger partial charge in [-0.3, -0.25) is 4.79 Å². The second-order valence-electron chi connectivity index (χ2n) is 6.00. The van der Waals surface area contributed by atoms with Gasteiger partial charge in [-0.05, 0) is 42.0 Å². The molecule has 134 valence electrons. The van der Waals surface area contributed by atoms with E-state index in [0.29, 0.717) is 24.6 Å². The average molecular weight is 356 g/mol. The molecule has 0 N–H and O–H groups in total. The molecule has 1 heterocycles. The van der Waals surface area contributed by atoms with Crippen LogP contribution in [0.2, 0.25) is 0 Å². The van der Waals surface area contributed by atoms with E-state index in [1.165, 1.54) is 24.3 Å². The summed E-state index contributed by atoms with van der Waals surface area (Å²) in [7, 11) is 1.67. The molecule has 3 rings (SSSR count). The van der Waals surface area contributed by atoms with Crippen LogP contribution in [0, 0.1) is 11.6 Å². The zero-order valence-electron chi connectivity index (χ0n) is 14.3. The van der Waals surface area contributed by atoms with Crippen LogP contribution in [0.3, 0.4) is 0 Å². The Morgan fingerprint density at radius 2 is 1.88 bits per heavy atom. The lowest BCUT2D eigenvalue weighted by molar-refractivity contribution is -0.130. The van der Waals surface area contributed by atoms with Crippen LogP contribution in [-0.2, 0) is 17.8 Å². The monoisotopic (exact) mass is 356 g/mol. The number of amides is 1. The normalized spacial score (nSPS) is 10.7. The van der Waals surface area contributed by atoms with E-state index in [-0.39, 0.29) is 24.0 Å². The lowest BCUT2D eigenvalue weighted by Crippen LogP contribution is -2.26. The molecular formula is C20H18F2N2O2. The van der Waals surface area contributed by atoms with Gasteiger partial charge in [-0.25, -0.2) is 13.8 Å². The first-order chi connectivity index (χ1) is 12.5. The third kappa shape index (κ3) is 4.53. The number of rotatable bonds is 6. The van der Waals surface area contributed by atoms with Crippen LogP contribution in [0.15, 0.2) is 59.1 Å². The standard InChI is InChI=1S/C20H18F2N2O2/c1-24(13-14-3-2-4-17(22)11-14)20(25)10-9-19-23-12-18(26-19)15-5-7-16(21)8-6-15/h2-8,11-12H,9-10,13H2,1H3. The molecule has 1 aromatic heterocycles. The van der Waals surface area contributed by atoms with Gasteiger partial charge in [-0.1, -0.05) is 12.1 Å². The quantitative estimate of drug-likeness (QED) is 0.665. The van der Waals surface area contributed by atoms with Gasteiger partial charge in [0.1, 0.15) is 11.6 Å². The maximum atomic E-state index is 13.2. The molecule has 0 aliphatic heterocycles. The number of benzene rings is 2. The lowest BCUT2D eigenvalue weighted by Gasteiger charge is -2.16. The minimum absolute atomic E-state index is 0.0872. The van der Waals surface area contributed by atoms with Crippen LogP contribution < -0.4 is 0 Å². The molecule has 2 aromatic carbocycles. The number of hydrogen-bond donors (Lipinski definition) is 0. The fourth-order valence-electron chi connectivity index (χ4n) is 2.58. The van der Waals surface area contributed by atoms with Gasteiger partial charge in [0.15, 0.2) is 11.7 Å². The fourth-order valence-corrected chi connectivity index (χ4v) is 2.58. The summed E-state index contributed by atoms with van der Waals surface area (Å²) in [6.07, 6.45) is 2.15. The molecule has 1 amide bonds. The summed E-state index contributed by atoms with van der Waals surface area (Å²) >= 11 is 0. The number of hydrogen-bond acceptors (Lipinski definition) is 3. The smallest absolute Gasteiger partial charge is 0.223 e. The highest BCUT2D eigenvalue weighted by Crippen LogP contribution is 2.21. The zero-order chi connectivity index (χ0) is 18.5. The van der Waals surface area contributed by atoms with Crippen LogP contribution in [0.1, 0.15) is 17.9 Å². The number of carbonyl (C=O) groups is 1. The van der Waals surface area contributed by atoms with Gasteiger partial charge < -0.3 is 9.32 Å². The highest BCUT2D eigenvalue weighted by atomic mass is 19.1. The molecule has 0 saturated carbocycles. The highest BCUT2D eigenvalue weighted by Gasteiger charge is 2.13. The molecule has 6 heteroatoms. The largest absolute Gasteiger partial charge is 0.441 e. The third-order valence-electron chi connectivity index (χ3n) is 3.97. The SMILES string of the molecule is CN(Cc1cccc(F)c1)C(=O)CCc1ncc(-c2ccc(F)cc2)o1. The number of nitrogens with zero attached hydrogens (tertiary/aromatic N) is 2. The zero-order valence-corrected chi connectivity index (χ0v) is 14.3. The first-order valence-electron chi connectivity index (χ1n) is 8.20. The topological polar surface area (TPSA) is 46.3 Å². The Kier molecular flexibility index (Phi) is 5.41. The molecule has 0 bridgehead atoms. The minimum Gasteiger partial charge on any atom is -0.441 e.